The van der Waals surface area contributed by atoms with Crippen molar-refractivity contribution in [2.24, 2.45) is 0 Å². The van der Waals surface area contributed by atoms with Gasteiger partial charge < -0.3 is 15.2 Å². The quantitative estimate of drug-likeness (QED) is 0.558. The van der Waals surface area contributed by atoms with Gasteiger partial charge in [0.2, 0.25) is 17.7 Å². The maximum Gasteiger partial charge on any atom is 0.241 e. The monoisotopic (exact) mass is 385 g/mol. The third kappa shape index (κ3) is 4.34. The third-order valence-electron chi connectivity index (χ3n) is 4.07. The van der Waals surface area contributed by atoms with Gasteiger partial charge in [0.25, 0.3) is 0 Å². The van der Waals surface area contributed by atoms with Crippen molar-refractivity contribution in [1.29, 1.82) is 0 Å². The molecule has 1 amide bonds. The van der Waals surface area contributed by atoms with Gasteiger partial charge in [-0.15, -0.1) is 0 Å². The van der Waals surface area contributed by atoms with E-state index in [0.717, 1.165) is 0 Å². The second kappa shape index (κ2) is 8.61. The zero-order chi connectivity index (χ0) is 20.1. The maximum absolute atomic E-state index is 12.0. The van der Waals surface area contributed by atoms with Gasteiger partial charge in [-0.2, -0.15) is 10.1 Å². The van der Waals surface area contributed by atoms with Crippen molar-refractivity contribution in [1.82, 2.24) is 34.6 Å². The lowest BCUT2D eigenvalue weighted by Crippen LogP contribution is -2.30. The molecule has 0 atom stereocenters. The number of nitrogens with one attached hydrogen (secondary N) is 1. The van der Waals surface area contributed by atoms with E-state index in [0.29, 0.717) is 35.9 Å². The molecule has 3 aromatic rings. The van der Waals surface area contributed by atoms with Crippen LogP contribution in [0.2, 0.25) is 0 Å². The first-order valence-corrected chi connectivity index (χ1v) is 8.87. The molecule has 2 N–H and O–H groups in total. The number of carbonyl (C=O) groups excluding carboxylic acids is 1. The highest BCUT2D eigenvalue weighted by Crippen LogP contribution is 2.33. The molecule has 0 spiro atoms. The van der Waals surface area contributed by atoms with Crippen LogP contribution in [0, 0.1) is 0 Å². The van der Waals surface area contributed by atoms with Crippen molar-refractivity contribution >= 4 is 5.91 Å². The van der Waals surface area contributed by atoms with Crippen LogP contribution in [0.25, 0.3) is 17.2 Å². The molecule has 3 heterocycles. The van der Waals surface area contributed by atoms with E-state index in [-0.39, 0.29) is 24.2 Å². The van der Waals surface area contributed by atoms with Gasteiger partial charge >= 0.3 is 0 Å². The zero-order valence-corrected chi connectivity index (χ0v) is 16.0. The topological polar surface area (TPSA) is 120 Å². The van der Waals surface area contributed by atoms with E-state index in [4.69, 9.17) is 4.74 Å². The van der Waals surface area contributed by atoms with Crippen molar-refractivity contribution in [3.63, 3.8) is 0 Å². The Labute approximate surface area is 162 Å². The minimum Gasteiger partial charge on any atom is -0.493 e. The van der Waals surface area contributed by atoms with E-state index in [2.05, 4.69) is 25.4 Å². The van der Waals surface area contributed by atoms with Crippen LogP contribution in [0.15, 0.2) is 31.1 Å². The number of methoxy groups -OCH3 is 1. The summed E-state index contributed by atoms with van der Waals surface area (Å²) in [7, 11) is 1.58. The molecule has 3 rings (SSSR count). The largest absolute Gasteiger partial charge is 0.493 e. The molecule has 0 aliphatic heterocycles. The number of aromatic nitrogens is 6. The number of rotatable bonds is 8. The van der Waals surface area contributed by atoms with Crippen LogP contribution >= 0.6 is 0 Å². The van der Waals surface area contributed by atoms with E-state index in [1.807, 2.05) is 13.8 Å². The Morgan fingerprint density at radius 3 is 2.86 bits per heavy atom. The number of aromatic hydroxyl groups is 1. The fraction of sp³-hybridized carbons (Fsp3) is 0.389. The Balaban J connectivity index is 1.90. The van der Waals surface area contributed by atoms with E-state index in [9.17, 15) is 9.90 Å². The number of hydrogen-bond donors (Lipinski definition) is 2. The van der Waals surface area contributed by atoms with Crippen LogP contribution in [0.1, 0.15) is 25.3 Å². The lowest BCUT2D eigenvalue weighted by Gasteiger charge is -2.14. The normalized spacial score (nSPS) is 11.1. The van der Waals surface area contributed by atoms with Crippen LogP contribution in [-0.2, 0) is 16.1 Å². The summed E-state index contributed by atoms with van der Waals surface area (Å²) in [6.07, 6.45) is 8.20. The molecule has 0 aromatic carbocycles. The highest BCUT2D eigenvalue weighted by Gasteiger charge is 2.20. The summed E-state index contributed by atoms with van der Waals surface area (Å²) >= 11 is 0. The number of nitrogens with zero attached hydrogens (tertiary/aromatic N) is 6. The smallest absolute Gasteiger partial charge is 0.241 e. The third-order valence-corrected chi connectivity index (χ3v) is 4.07. The number of hydrogen-bond acceptors (Lipinski definition) is 7. The molecule has 0 fully saturated rings. The van der Waals surface area contributed by atoms with Gasteiger partial charge in [0, 0.05) is 43.4 Å². The number of amides is 1. The molecule has 0 bridgehead atoms. The molecular weight excluding hydrogens is 362 g/mol. The predicted octanol–water partition coefficient (Wildman–Crippen LogP) is 1.12. The molecular formula is C18H23N7O3. The van der Waals surface area contributed by atoms with Gasteiger partial charge in [0.1, 0.15) is 12.9 Å². The van der Waals surface area contributed by atoms with Gasteiger partial charge in [0.15, 0.2) is 0 Å². The first-order valence-electron chi connectivity index (χ1n) is 8.87. The molecule has 0 unspecified atom stereocenters. The van der Waals surface area contributed by atoms with Crippen molar-refractivity contribution in [3.8, 4) is 23.1 Å². The van der Waals surface area contributed by atoms with Crippen molar-refractivity contribution < 1.29 is 14.6 Å². The van der Waals surface area contributed by atoms with E-state index in [1.54, 1.807) is 42.8 Å². The molecule has 0 aliphatic rings. The predicted molar refractivity (Wildman–Crippen MR) is 101 cm³/mol. The van der Waals surface area contributed by atoms with Crippen LogP contribution in [0.4, 0.5) is 0 Å². The summed E-state index contributed by atoms with van der Waals surface area (Å²) in [4.78, 5) is 24.7. The number of ether oxygens (including phenoxy) is 1. The minimum atomic E-state index is -0.166. The second-order valence-corrected chi connectivity index (χ2v) is 6.50. The number of imidazole rings is 1. The molecule has 148 valence electrons. The molecule has 3 aromatic heterocycles. The van der Waals surface area contributed by atoms with Crippen molar-refractivity contribution in [3.05, 3.63) is 36.7 Å². The first kappa shape index (κ1) is 19.5. The summed E-state index contributed by atoms with van der Waals surface area (Å²) < 4.78 is 8.05. The summed E-state index contributed by atoms with van der Waals surface area (Å²) in [6.45, 7) is 4.87. The summed E-state index contributed by atoms with van der Waals surface area (Å²) in [5, 5.41) is 17.5. The summed E-state index contributed by atoms with van der Waals surface area (Å²) in [5.74, 6) is 0.0427. The van der Waals surface area contributed by atoms with Gasteiger partial charge in [-0.05, 0) is 5.92 Å². The van der Waals surface area contributed by atoms with E-state index >= 15 is 0 Å². The minimum absolute atomic E-state index is 0.00692. The first-order chi connectivity index (χ1) is 13.5. The maximum atomic E-state index is 12.0. The fourth-order valence-electron chi connectivity index (χ4n) is 2.76. The zero-order valence-electron chi connectivity index (χ0n) is 16.0. The Morgan fingerprint density at radius 2 is 2.18 bits per heavy atom. The lowest BCUT2D eigenvalue weighted by molar-refractivity contribution is -0.122. The Hall–Kier alpha value is -3.27. The Bertz CT molecular complexity index is 935. The molecule has 28 heavy (non-hydrogen) atoms. The molecule has 10 nitrogen and oxygen atoms in total. The average molecular weight is 385 g/mol. The molecule has 10 heteroatoms. The second-order valence-electron chi connectivity index (χ2n) is 6.50. The molecule has 0 saturated carbocycles. The molecule has 0 aliphatic carbocycles. The van der Waals surface area contributed by atoms with Gasteiger partial charge in [-0.3, -0.25) is 14.0 Å². The van der Waals surface area contributed by atoms with Crippen LogP contribution in [0.3, 0.4) is 0 Å². The van der Waals surface area contributed by atoms with Gasteiger partial charge in [0.05, 0.1) is 18.5 Å². The van der Waals surface area contributed by atoms with Crippen LogP contribution < -0.4 is 5.32 Å². The van der Waals surface area contributed by atoms with Crippen molar-refractivity contribution in [2.75, 3.05) is 20.3 Å². The molecule has 0 saturated heterocycles. The van der Waals surface area contributed by atoms with E-state index in [1.165, 1.54) is 4.68 Å². The lowest BCUT2D eigenvalue weighted by atomic mass is 9.99. The highest BCUT2D eigenvalue weighted by molar-refractivity contribution is 5.75. The average Bonchev–Trinajstić information content (AvgIpc) is 3.33. The van der Waals surface area contributed by atoms with E-state index < -0.39 is 0 Å². The number of carbonyl (C=O) groups is 1. The highest BCUT2D eigenvalue weighted by atomic mass is 16.5. The Kier molecular flexibility index (Phi) is 5.99. The van der Waals surface area contributed by atoms with Crippen molar-refractivity contribution in [2.45, 2.75) is 26.3 Å². The van der Waals surface area contributed by atoms with Crippen LogP contribution in [-0.4, -0.2) is 60.6 Å². The standard InChI is InChI=1S/C18H23N7O3/c1-12(2)15-16(22-18(23-17(15)27)24-6-4-19-11-24)13-8-21-25(9-13)10-14(26)20-5-7-28-3/h4,6,8-9,11-12H,5,7,10H2,1-3H3,(H,20,26)(H,22,23,27). The Morgan fingerprint density at radius 1 is 1.36 bits per heavy atom. The SMILES string of the molecule is COCCNC(=O)Cn1cc(-c2nc(-n3ccnc3)nc(O)c2C(C)C)cn1. The van der Waals surface area contributed by atoms with Gasteiger partial charge in [-0.25, -0.2) is 9.97 Å². The van der Waals surface area contributed by atoms with Gasteiger partial charge in [-0.1, -0.05) is 13.8 Å². The summed E-state index contributed by atoms with van der Waals surface area (Å²) in [5.41, 5.74) is 1.87. The van der Waals surface area contributed by atoms with Crippen LogP contribution in [0.5, 0.6) is 5.88 Å². The molecule has 0 radical (unpaired) electrons. The summed E-state index contributed by atoms with van der Waals surface area (Å²) in [6, 6.07) is 0. The fourth-order valence-corrected chi connectivity index (χ4v) is 2.76.